The molecule has 1 heterocycles. The zero-order chi connectivity index (χ0) is 10.4. The first-order chi connectivity index (χ1) is 6.77. The topological polar surface area (TPSA) is 41.6 Å². The maximum atomic E-state index is 11.4. The molecule has 0 aliphatic carbocycles. The molecule has 4 nitrogen and oxygen atoms in total. The molecule has 0 saturated carbocycles. The number of nitrogens with zero attached hydrogens (tertiary/aromatic N) is 1. The van der Waals surface area contributed by atoms with Gasteiger partial charge >= 0.3 is 0 Å². The van der Waals surface area contributed by atoms with Gasteiger partial charge in [-0.15, -0.1) is 0 Å². The first-order valence-electron chi connectivity index (χ1n) is 5.20. The van der Waals surface area contributed by atoms with Crippen molar-refractivity contribution >= 4 is 5.91 Å². The Hall–Kier alpha value is -0.610. The Kier molecular flexibility index (Phi) is 4.90. The number of likely N-dealkylation sites (tertiary alicyclic amines) is 1. The number of hydrogen-bond donors (Lipinski definition) is 1. The number of hydrogen-bond acceptors (Lipinski definition) is 3. The average molecular weight is 200 g/mol. The van der Waals surface area contributed by atoms with E-state index in [0.29, 0.717) is 0 Å². The number of nitrogens with one attached hydrogen (secondary N) is 1. The van der Waals surface area contributed by atoms with Gasteiger partial charge in [0.25, 0.3) is 0 Å². The van der Waals surface area contributed by atoms with Gasteiger partial charge in [-0.2, -0.15) is 0 Å². The molecule has 0 aromatic carbocycles. The van der Waals surface area contributed by atoms with E-state index >= 15 is 0 Å². The summed E-state index contributed by atoms with van der Waals surface area (Å²) in [6, 6.07) is 0. The Morgan fingerprint density at radius 1 is 1.64 bits per heavy atom. The van der Waals surface area contributed by atoms with Gasteiger partial charge in [0.15, 0.2) is 0 Å². The van der Waals surface area contributed by atoms with Crippen LogP contribution in [-0.2, 0) is 9.53 Å². The minimum atomic E-state index is 0.172. The van der Waals surface area contributed by atoms with E-state index in [9.17, 15) is 4.79 Å². The van der Waals surface area contributed by atoms with Crippen molar-refractivity contribution in [1.29, 1.82) is 0 Å². The summed E-state index contributed by atoms with van der Waals surface area (Å²) in [5.41, 5.74) is 0. The minimum absolute atomic E-state index is 0.172. The summed E-state index contributed by atoms with van der Waals surface area (Å²) < 4.78 is 5.02. The fraction of sp³-hybridized carbons (Fsp3) is 0.900. The van der Waals surface area contributed by atoms with Crippen LogP contribution in [0, 0.1) is 5.92 Å². The van der Waals surface area contributed by atoms with E-state index in [0.717, 1.165) is 39.1 Å². The van der Waals surface area contributed by atoms with Crippen molar-refractivity contribution in [3.8, 4) is 0 Å². The molecule has 14 heavy (non-hydrogen) atoms. The summed E-state index contributed by atoms with van der Waals surface area (Å²) in [7, 11) is 3.41. The van der Waals surface area contributed by atoms with Crippen molar-refractivity contribution < 1.29 is 9.53 Å². The van der Waals surface area contributed by atoms with E-state index in [1.54, 1.807) is 14.2 Å². The first kappa shape index (κ1) is 11.5. The fourth-order valence-corrected chi connectivity index (χ4v) is 1.90. The second kappa shape index (κ2) is 5.98. The van der Waals surface area contributed by atoms with Crippen molar-refractivity contribution in [2.24, 2.45) is 5.92 Å². The summed E-state index contributed by atoms with van der Waals surface area (Å²) in [6.45, 7) is 3.66. The van der Waals surface area contributed by atoms with Gasteiger partial charge in [-0.1, -0.05) is 0 Å². The van der Waals surface area contributed by atoms with Crippen LogP contribution in [0.25, 0.3) is 0 Å². The maximum Gasteiger partial charge on any atom is 0.224 e. The summed E-state index contributed by atoms with van der Waals surface area (Å²) in [5, 5.41) is 2.71. The second-order valence-electron chi connectivity index (χ2n) is 3.75. The highest BCUT2D eigenvalue weighted by atomic mass is 16.5. The van der Waals surface area contributed by atoms with Gasteiger partial charge in [-0.05, 0) is 19.4 Å². The molecule has 0 aromatic heterocycles. The molecular formula is C10H20N2O2. The minimum Gasteiger partial charge on any atom is -0.383 e. The van der Waals surface area contributed by atoms with Crippen LogP contribution in [0.15, 0.2) is 0 Å². The van der Waals surface area contributed by atoms with Crippen molar-refractivity contribution in [2.75, 3.05) is 40.4 Å². The molecule has 1 rings (SSSR count). The molecule has 1 amide bonds. The van der Waals surface area contributed by atoms with Gasteiger partial charge in [-0.25, -0.2) is 0 Å². The molecule has 1 saturated heterocycles. The molecule has 82 valence electrons. The molecule has 1 fully saturated rings. The van der Waals surface area contributed by atoms with Gasteiger partial charge < -0.3 is 15.0 Å². The lowest BCUT2D eigenvalue weighted by Crippen LogP contribution is -2.43. The summed E-state index contributed by atoms with van der Waals surface area (Å²) in [6.07, 6.45) is 2.13. The Labute approximate surface area is 85.6 Å². The van der Waals surface area contributed by atoms with Gasteiger partial charge in [0, 0.05) is 27.2 Å². The van der Waals surface area contributed by atoms with E-state index in [1.165, 1.54) is 0 Å². The summed E-state index contributed by atoms with van der Waals surface area (Å²) in [4.78, 5) is 13.7. The van der Waals surface area contributed by atoms with E-state index < -0.39 is 0 Å². The van der Waals surface area contributed by atoms with Crippen molar-refractivity contribution in [2.45, 2.75) is 12.8 Å². The summed E-state index contributed by atoms with van der Waals surface area (Å²) in [5.74, 6) is 0.345. The van der Waals surface area contributed by atoms with Crippen LogP contribution >= 0.6 is 0 Å². The third kappa shape index (κ3) is 3.27. The highest BCUT2D eigenvalue weighted by Crippen LogP contribution is 2.15. The highest BCUT2D eigenvalue weighted by Gasteiger charge is 2.24. The van der Waals surface area contributed by atoms with Gasteiger partial charge in [0.05, 0.1) is 12.5 Å². The van der Waals surface area contributed by atoms with Crippen LogP contribution in [0.4, 0.5) is 0 Å². The monoisotopic (exact) mass is 200 g/mol. The third-order valence-corrected chi connectivity index (χ3v) is 2.73. The standard InChI is InChI=1S/C10H20N2O2/c1-11-10(13)9-4-3-5-12(8-9)6-7-14-2/h9H,3-8H2,1-2H3,(H,11,13). The van der Waals surface area contributed by atoms with E-state index in [4.69, 9.17) is 4.74 Å². The van der Waals surface area contributed by atoms with E-state index in [2.05, 4.69) is 10.2 Å². The quantitative estimate of drug-likeness (QED) is 0.699. The second-order valence-corrected chi connectivity index (χ2v) is 3.75. The van der Waals surface area contributed by atoms with Crippen molar-refractivity contribution in [3.05, 3.63) is 0 Å². The lowest BCUT2D eigenvalue weighted by atomic mass is 9.97. The Balaban J connectivity index is 2.31. The van der Waals surface area contributed by atoms with Crippen molar-refractivity contribution in [3.63, 3.8) is 0 Å². The van der Waals surface area contributed by atoms with Gasteiger partial charge in [-0.3, -0.25) is 4.79 Å². The Bertz CT molecular complexity index is 185. The number of amides is 1. The lowest BCUT2D eigenvalue weighted by molar-refractivity contribution is -0.126. The molecule has 0 radical (unpaired) electrons. The maximum absolute atomic E-state index is 11.4. The van der Waals surface area contributed by atoms with Crippen LogP contribution < -0.4 is 5.32 Å². The lowest BCUT2D eigenvalue weighted by Gasteiger charge is -2.31. The Morgan fingerprint density at radius 2 is 2.43 bits per heavy atom. The number of carbonyl (C=O) groups is 1. The average Bonchev–Trinajstić information content (AvgIpc) is 2.25. The molecule has 1 N–H and O–H groups in total. The number of carbonyl (C=O) groups excluding carboxylic acids is 1. The van der Waals surface area contributed by atoms with Gasteiger partial charge in [0.2, 0.25) is 5.91 Å². The molecule has 1 unspecified atom stereocenters. The van der Waals surface area contributed by atoms with Crippen LogP contribution in [0.1, 0.15) is 12.8 Å². The zero-order valence-corrected chi connectivity index (χ0v) is 9.08. The van der Waals surface area contributed by atoms with E-state index in [1.807, 2.05) is 0 Å². The number of methoxy groups -OCH3 is 1. The normalized spacial score (nSPS) is 23.4. The van der Waals surface area contributed by atoms with Crippen LogP contribution in [0.5, 0.6) is 0 Å². The first-order valence-corrected chi connectivity index (χ1v) is 5.20. The predicted molar refractivity (Wildman–Crippen MR) is 55.1 cm³/mol. The highest BCUT2D eigenvalue weighted by molar-refractivity contribution is 5.78. The molecule has 1 atom stereocenters. The number of piperidine rings is 1. The number of rotatable bonds is 4. The fourth-order valence-electron chi connectivity index (χ4n) is 1.90. The van der Waals surface area contributed by atoms with Gasteiger partial charge in [0.1, 0.15) is 0 Å². The molecule has 1 aliphatic heterocycles. The molecule has 0 spiro atoms. The van der Waals surface area contributed by atoms with Crippen LogP contribution in [0.3, 0.4) is 0 Å². The molecule has 4 heteroatoms. The summed E-state index contributed by atoms with van der Waals surface area (Å²) >= 11 is 0. The third-order valence-electron chi connectivity index (χ3n) is 2.73. The van der Waals surface area contributed by atoms with Crippen LogP contribution in [-0.4, -0.2) is 51.2 Å². The molecule has 0 bridgehead atoms. The van der Waals surface area contributed by atoms with Crippen LogP contribution in [0.2, 0.25) is 0 Å². The molecule has 1 aliphatic rings. The number of ether oxygens (including phenoxy) is 1. The smallest absolute Gasteiger partial charge is 0.224 e. The SMILES string of the molecule is CNC(=O)C1CCCN(CCOC)C1. The molecule has 0 aromatic rings. The largest absolute Gasteiger partial charge is 0.383 e. The van der Waals surface area contributed by atoms with Crippen molar-refractivity contribution in [1.82, 2.24) is 10.2 Å². The predicted octanol–water partition coefficient (Wildman–Crippen LogP) is 0.0908. The Morgan fingerprint density at radius 3 is 3.07 bits per heavy atom. The molecular weight excluding hydrogens is 180 g/mol. The van der Waals surface area contributed by atoms with E-state index in [-0.39, 0.29) is 11.8 Å². The zero-order valence-electron chi connectivity index (χ0n) is 9.08.